The van der Waals surface area contributed by atoms with Gasteiger partial charge in [-0.2, -0.15) is 0 Å². The quantitative estimate of drug-likeness (QED) is 0.695. The molecule has 3 heteroatoms. The van der Waals surface area contributed by atoms with Crippen LogP contribution in [0.15, 0.2) is 72.8 Å². The van der Waals surface area contributed by atoms with Gasteiger partial charge in [0.2, 0.25) is 0 Å². The van der Waals surface area contributed by atoms with E-state index in [1.165, 1.54) is 0 Å². The molecule has 1 amide bonds. The number of nitrogens with zero attached hydrogens (tertiary/aromatic N) is 1. The molecular formula is C21H17NO2. The van der Waals surface area contributed by atoms with Crippen LogP contribution < -0.4 is 9.64 Å². The largest absolute Gasteiger partial charge is 0.497 e. The number of carbonyl (C=O) groups is 1. The summed E-state index contributed by atoms with van der Waals surface area (Å²) in [6, 6.07) is 23.5. The van der Waals surface area contributed by atoms with Crippen LogP contribution in [0.1, 0.15) is 15.9 Å². The zero-order valence-corrected chi connectivity index (χ0v) is 13.4. The van der Waals surface area contributed by atoms with Gasteiger partial charge in [0.15, 0.2) is 0 Å². The summed E-state index contributed by atoms with van der Waals surface area (Å²) in [7, 11) is 1.66. The highest BCUT2D eigenvalue weighted by Gasteiger charge is 2.27. The van der Waals surface area contributed by atoms with Crippen LogP contribution in [0.25, 0.3) is 11.1 Å². The fourth-order valence-corrected chi connectivity index (χ4v) is 3.20. The molecule has 1 aliphatic rings. The van der Waals surface area contributed by atoms with E-state index in [-0.39, 0.29) is 5.91 Å². The third-order valence-electron chi connectivity index (χ3n) is 4.39. The molecule has 0 atom stereocenters. The standard InChI is InChI=1S/C21H17NO2/c1-24-17-11-12-18-16(13-17)14-22(20-10-6-5-9-19(18)20)21(23)15-7-3-2-4-8-15/h2-13H,14H2,1H3. The average molecular weight is 315 g/mol. The van der Waals surface area contributed by atoms with E-state index in [1.807, 2.05) is 65.6 Å². The summed E-state index contributed by atoms with van der Waals surface area (Å²) < 4.78 is 5.35. The first kappa shape index (κ1) is 14.5. The van der Waals surface area contributed by atoms with E-state index in [1.54, 1.807) is 7.11 Å². The third-order valence-corrected chi connectivity index (χ3v) is 4.39. The minimum Gasteiger partial charge on any atom is -0.497 e. The lowest BCUT2D eigenvalue weighted by molar-refractivity contribution is 0.0985. The Morgan fingerprint density at radius 2 is 1.67 bits per heavy atom. The van der Waals surface area contributed by atoms with E-state index in [0.29, 0.717) is 12.1 Å². The van der Waals surface area contributed by atoms with Gasteiger partial charge in [0.25, 0.3) is 5.91 Å². The summed E-state index contributed by atoms with van der Waals surface area (Å²) >= 11 is 0. The lowest BCUT2D eigenvalue weighted by Crippen LogP contribution is -2.33. The van der Waals surface area contributed by atoms with Crippen LogP contribution >= 0.6 is 0 Å². The molecule has 3 nitrogen and oxygen atoms in total. The molecule has 1 aliphatic heterocycles. The number of fused-ring (bicyclic) bond motifs is 3. The number of ether oxygens (including phenoxy) is 1. The maximum absolute atomic E-state index is 13.0. The Morgan fingerprint density at radius 1 is 0.917 bits per heavy atom. The van der Waals surface area contributed by atoms with E-state index in [9.17, 15) is 4.79 Å². The molecule has 3 aromatic carbocycles. The molecular weight excluding hydrogens is 298 g/mol. The summed E-state index contributed by atoms with van der Waals surface area (Å²) in [4.78, 5) is 14.9. The summed E-state index contributed by atoms with van der Waals surface area (Å²) in [5.41, 5.74) is 4.97. The second-order valence-electron chi connectivity index (χ2n) is 5.80. The number of methoxy groups -OCH3 is 1. The van der Waals surface area contributed by atoms with E-state index >= 15 is 0 Å². The van der Waals surface area contributed by atoms with E-state index < -0.39 is 0 Å². The van der Waals surface area contributed by atoms with Crippen LogP contribution in [0.3, 0.4) is 0 Å². The van der Waals surface area contributed by atoms with Gasteiger partial charge in [-0.3, -0.25) is 4.79 Å². The van der Waals surface area contributed by atoms with E-state index in [0.717, 1.165) is 28.1 Å². The van der Waals surface area contributed by atoms with E-state index in [2.05, 4.69) is 12.1 Å². The van der Waals surface area contributed by atoms with Crippen LogP contribution in [0.2, 0.25) is 0 Å². The van der Waals surface area contributed by atoms with Gasteiger partial charge in [0, 0.05) is 11.1 Å². The summed E-state index contributed by atoms with van der Waals surface area (Å²) in [5, 5.41) is 0. The maximum atomic E-state index is 13.0. The molecule has 24 heavy (non-hydrogen) atoms. The normalized spacial score (nSPS) is 12.3. The summed E-state index contributed by atoms with van der Waals surface area (Å²) in [6.07, 6.45) is 0. The Bertz CT molecular complexity index is 903. The van der Waals surface area contributed by atoms with Gasteiger partial charge in [0.1, 0.15) is 5.75 Å². The molecule has 0 radical (unpaired) electrons. The van der Waals surface area contributed by atoms with Gasteiger partial charge in [-0.15, -0.1) is 0 Å². The number of benzene rings is 3. The van der Waals surface area contributed by atoms with Crippen molar-refractivity contribution in [2.75, 3.05) is 12.0 Å². The van der Waals surface area contributed by atoms with Crippen molar-refractivity contribution in [3.8, 4) is 16.9 Å². The lowest BCUT2D eigenvalue weighted by Gasteiger charge is -2.31. The predicted octanol–water partition coefficient (Wildman–Crippen LogP) is 4.52. The number of hydrogen-bond acceptors (Lipinski definition) is 2. The topological polar surface area (TPSA) is 29.5 Å². The molecule has 0 fully saturated rings. The molecule has 0 N–H and O–H groups in total. The van der Waals surface area contributed by atoms with Crippen molar-refractivity contribution in [2.24, 2.45) is 0 Å². The second-order valence-corrected chi connectivity index (χ2v) is 5.80. The second kappa shape index (κ2) is 5.85. The number of anilines is 1. The highest BCUT2D eigenvalue weighted by Crippen LogP contribution is 2.40. The maximum Gasteiger partial charge on any atom is 0.258 e. The number of rotatable bonds is 2. The van der Waals surface area contributed by atoms with Gasteiger partial charge >= 0.3 is 0 Å². The van der Waals surface area contributed by atoms with Crippen LogP contribution in [0.4, 0.5) is 5.69 Å². The minimum atomic E-state index is 0.0107. The predicted molar refractivity (Wildman–Crippen MR) is 95.4 cm³/mol. The Morgan fingerprint density at radius 3 is 2.46 bits per heavy atom. The molecule has 0 spiro atoms. The van der Waals surface area contributed by atoms with Gasteiger partial charge in [0.05, 0.1) is 19.3 Å². The van der Waals surface area contributed by atoms with Crippen molar-refractivity contribution in [3.63, 3.8) is 0 Å². The van der Waals surface area contributed by atoms with Crippen LogP contribution in [-0.4, -0.2) is 13.0 Å². The molecule has 1 heterocycles. The molecule has 0 bridgehead atoms. The number of hydrogen-bond donors (Lipinski definition) is 0. The SMILES string of the molecule is COc1ccc2c(c1)CN(C(=O)c1ccccc1)c1ccccc1-2. The molecule has 0 saturated carbocycles. The highest BCUT2D eigenvalue weighted by molar-refractivity contribution is 6.09. The Kier molecular flexibility index (Phi) is 3.54. The van der Waals surface area contributed by atoms with Gasteiger partial charge in [-0.1, -0.05) is 42.5 Å². The van der Waals surface area contributed by atoms with Crippen molar-refractivity contribution in [1.82, 2.24) is 0 Å². The van der Waals surface area contributed by atoms with Crippen molar-refractivity contribution in [2.45, 2.75) is 6.54 Å². The zero-order valence-electron chi connectivity index (χ0n) is 13.4. The smallest absolute Gasteiger partial charge is 0.258 e. The molecule has 3 aromatic rings. The monoisotopic (exact) mass is 315 g/mol. The molecule has 4 rings (SSSR count). The third kappa shape index (κ3) is 2.35. The van der Waals surface area contributed by atoms with Crippen LogP contribution in [-0.2, 0) is 6.54 Å². The van der Waals surface area contributed by atoms with Gasteiger partial charge in [-0.25, -0.2) is 0 Å². The summed E-state index contributed by atoms with van der Waals surface area (Å²) in [5.74, 6) is 0.816. The Labute approximate surface area is 141 Å². The fraction of sp³-hybridized carbons (Fsp3) is 0.0952. The first-order valence-electron chi connectivity index (χ1n) is 7.91. The van der Waals surface area contributed by atoms with Crippen molar-refractivity contribution in [1.29, 1.82) is 0 Å². The summed E-state index contributed by atoms with van der Waals surface area (Å²) in [6.45, 7) is 0.539. The first-order valence-corrected chi connectivity index (χ1v) is 7.91. The number of para-hydroxylation sites is 1. The molecule has 0 aliphatic carbocycles. The molecule has 118 valence electrons. The first-order chi connectivity index (χ1) is 11.8. The zero-order chi connectivity index (χ0) is 16.5. The van der Waals surface area contributed by atoms with Crippen molar-refractivity contribution in [3.05, 3.63) is 83.9 Å². The number of carbonyl (C=O) groups excluding carboxylic acids is 1. The Hall–Kier alpha value is -3.07. The van der Waals surface area contributed by atoms with Crippen molar-refractivity contribution < 1.29 is 9.53 Å². The minimum absolute atomic E-state index is 0.0107. The van der Waals surface area contributed by atoms with Gasteiger partial charge < -0.3 is 9.64 Å². The van der Waals surface area contributed by atoms with Crippen LogP contribution in [0, 0.1) is 0 Å². The van der Waals surface area contributed by atoms with E-state index in [4.69, 9.17) is 4.74 Å². The Balaban J connectivity index is 1.84. The molecule has 0 unspecified atom stereocenters. The van der Waals surface area contributed by atoms with Crippen LogP contribution in [0.5, 0.6) is 5.75 Å². The average Bonchev–Trinajstić information content (AvgIpc) is 2.67. The van der Waals surface area contributed by atoms with Gasteiger partial charge in [-0.05, 0) is 41.5 Å². The highest BCUT2D eigenvalue weighted by atomic mass is 16.5. The number of amides is 1. The molecule has 0 saturated heterocycles. The lowest BCUT2D eigenvalue weighted by atomic mass is 9.92. The molecule has 0 aromatic heterocycles. The van der Waals surface area contributed by atoms with Crippen molar-refractivity contribution >= 4 is 11.6 Å². The fourth-order valence-electron chi connectivity index (χ4n) is 3.20.